The van der Waals surface area contributed by atoms with Crippen LogP contribution in [-0.2, 0) is 0 Å². The number of urea groups is 1. The Balaban J connectivity index is 1.95. The van der Waals surface area contributed by atoms with Gasteiger partial charge in [-0.1, -0.05) is 13.0 Å². The summed E-state index contributed by atoms with van der Waals surface area (Å²) in [5, 5.41) is 6.15. The molecule has 1 aliphatic heterocycles. The van der Waals surface area contributed by atoms with Gasteiger partial charge in [-0.15, -0.1) is 0 Å². The molecule has 0 radical (unpaired) electrons. The first kappa shape index (κ1) is 14.8. The van der Waals surface area contributed by atoms with Gasteiger partial charge in [0.2, 0.25) is 0 Å². The Labute approximate surface area is 119 Å². The van der Waals surface area contributed by atoms with Crippen LogP contribution in [-0.4, -0.2) is 36.6 Å². The fraction of sp³-hybridized carbons (Fsp3) is 0.533. The molecule has 1 atom stereocenters. The Morgan fingerprint density at radius 1 is 1.55 bits per heavy atom. The number of nitrogens with zero attached hydrogens (tertiary/aromatic N) is 1. The Morgan fingerprint density at radius 2 is 2.40 bits per heavy atom. The first-order chi connectivity index (χ1) is 9.69. The van der Waals surface area contributed by atoms with Crippen LogP contribution in [0.2, 0.25) is 0 Å². The number of benzene rings is 1. The van der Waals surface area contributed by atoms with Crippen molar-refractivity contribution < 1.29 is 9.18 Å². The number of rotatable bonds is 5. The van der Waals surface area contributed by atoms with Gasteiger partial charge in [-0.3, -0.25) is 0 Å². The van der Waals surface area contributed by atoms with Crippen molar-refractivity contribution in [1.29, 1.82) is 0 Å². The summed E-state index contributed by atoms with van der Waals surface area (Å²) in [6, 6.07) is 6.19. The number of nitrogens with one attached hydrogen (secondary N) is 2. The predicted octanol–water partition coefficient (Wildman–Crippen LogP) is 2.82. The van der Waals surface area contributed by atoms with Gasteiger partial charge < -0.3 is 15.5 Å². The number of hydrogen-bond acceptors (Lipinski definition) is 2. The lowest BCUT2D eigenvalue weighted by atomic mass is 10.2. The molecule has 1 aromatic rings. The second-order valence-corrected chi connectivity index (χ2v) is 5.18. The second kappa shape index (κ2) is 7.24. The molecule has 20 heavy (non-hydrogen) atoms. The lowest BCUT2D eigenvalue weighted by Gasteiger charge is -2.25. The summed E-state index contributed by atoms with van der Waals surface area (Å²) in [6.07, 6.45) is 3.17. The van der Waals surface area contributed by atoms with E-state index < -0.39 is 0 Å². The van der Waals surface area contributed by atoms with Gasteiger partial charge in [0.15, 0.2) is 0 Å². The standard InChI is InChI=1S/C15H22FN3O/c1-2-9-19(11-14-7-4-8-17-14)15(20)18-13-6-3-5-12(16)10-13/h3,5-6,10,14,17H,2,4,7-9,11H2,1H3,(H,18,20). The van der Waals surface area contributed by atoms with Gasteiger partial charge in [-0.2, -0.15) is 0 Å². The van der Waals surface area contributed by atoms with E-state index in [1.807, 2.05) is 6.92 Å². The highest BCUT2D eigenvalue weighted by Crippen LogP contribution is 2.12. The summed E-state index contributed by atoms with van der Waals surface area (Å²) in [6.45, 7) is 4.48. The normalized spacial score (nSPS) is 18.0. The van der Waals surface area contributed by atoms with E-state index in [2.05, 4.69) is 10.6 Å². The first-order valence-electron chi connectivity index (χ1n) is 7.24. The third-order valence-electron chi connectivity index (χ3n) is 3.46. The molecule has 2 rings (SSSR count). The van der Waals surface area contributed by atoms with Crippen LogP contribution in [0.1, 0.15) is 26.2 Å². The van der Waals surface area contributed by atoms with Crippen molar-refractivity contribution >= 4 is 11.7 Å². The van der Waals surface area contributed by atoms with Crippen LogP contribution < -0.4 is 10.6 Å². The van der Waals surface area contributed by atoms with Gasteiger partial charge in [-0.05, 0) is 44.0 Å². The van der Waals surface area contributed by atoms with E-state index in [0.717, 1.165) is 25.8 Å². The average Bonchev–Trinajstić information content (AvgIpc) is 2.91. The van der Waals surface area contributed by atoms with E-state index in [1.165, 1.54) is 12.1 Å². The summed E-state index contributed by atoms with van der Waals surface area (Å²) >= 11 is 0. The lowest BCUT2D eigenvalue weighted by Crippen LogP contribution is -2.43. The van der Waals surface area contributed by atoms with Gasteiger partial charge in [0.1, 0.15) is 5.82 Å². The fourth-order valence-electron chi connectivity index (χ4n) is 2.49. The first-order valence-corrected chi connectivity index (χ1v) is 7.24. The highest BCUT2D eigenvalue weighted by molar-refractivity contribution is 5.89. The molecule has 1 aromatic carbocycles. The van der Waals surface area contributed by atoms with Crippen molar-refractivity contribution in [1.82, 2.24) is 10.2 Å². The molecule has 0 spiro atoms. The number of anilines is 1. The van der Waals surface area contributed by atoms with Gasteiger partial charge in [0, 0.05) is 24.8 Å². The quantitative estimate of drug-likeness (QED) is 0.870. The zero-order valence-corrected chi connectivity index (χ0v) is 11.9. The molecule has 1 heterocycles. The van der Waals surface area contributed by atoms with E-state index in [9.17, 15) is 9.18 Å². The summed E-state index contributed by atoms with van der Waals surface area (Å²) in [7, 11) is 0. The third-order valence-corrected chi connectivity index (χ3v) is 3.46. The van der Waals surface area contributed by atoms with E-state index >= 15 is 0 Å². The molecule has 0 saturated carbocycles. The number of amides is 2. The lowest BCUT2D eigenvalue weighted by molar-refractivity contribution is 0.206. The van der Waals surface area contributed by atoms with E-state index in [1.54, 1.807) is 17.0 Å². The molecule has 1 unspecified atom stereocenters. The molecular weight excluding hydrogens is 257 g/mol. The number of carbonyl (C=O) groups excluding carboxylic acids is 1. The smallest absolute Gasteiger partial charge is 0.321 e. The summed E-state index contributed by atoms with van der Waals surface area (Å²) in [5.41, 5.74) is 0.496. The van der Waals surface area contributed by atoms with Crippen LogP contribution >= 0.6 is 0 Å². The number of halogens is 1. The van der Waals surface area contributed by atoms with Gasteiger partial charge >= 0.3 is 6.03 Å². The SMILES string of the molecule is CCCN(CC1CCCN1)C(=O)Nc1cccc(F)c1. The van der Waals surface area contributed by atoms with Crippen molar-refractivity contribution in [2.75, 3.05) is 25.0 Å². The molecule has 0 aromatic heterocycles. The van der Waals surface area contributed by atoms with Crippen molar-refractivity contribution in [3.05, 3.63) is 30.1 Å². The Bertz CT molecular complexity index is 446. The highest BCUT2D eigenvalue weighted by Gasteiger charge is 2.21. The maximum atomic E-state index is 13.1. The van der Waals surface area contributed by atoms with Crippen LogP contribution in [0.25, 0.3) is 0 Å². The minimum atomic E-state index is -0.345. The van der Waals surface area contributed by atoms with E-state index in [0.29, 0.717) is 24.8 Å². The largest absolute Gasteiger partial charge is 0.323 e. The molecule has 110 valence electrons. The van der Waals surface area contributed by atoms with Crippen molar-refractivity contribution in [2.45, 2.75) is 32.2 Å². The van der Waals surface area contributed by atoms with Crippen LogP contribution in [0.15, 0.2) is 24.3 Å². The van der Waals surface area contributed by atoms with E-state index in [4.69, 9.17) is 0 Å². The third kappa shape index (κ3) is 4.20. The summed E-state index contributed by atoms with van der Waals surface area (Å²) < 4.78 is 13.1. The van der Waals surface area contributed by atoms with Crippen molar-refractivity contribution in [3.63, 3.8) is 0 Å². The molecule has 1 aliphatic rings. The molecule has 2 amide bonds. The minimum Gasteiger partial charge on any atom is -0.323 e. The van der Waals surface area contributed by atoms with Gasteiger partial charge in [0.25, 0.3) is 0 Å². The Hall–Kier alpha value is -1.62. The zero-order chi connectivity index (χ0) is 14.4. The molecule has 5 heteroatoms. The molecule has 1 saturated heterocycles. The molecule has 0 aliphatic carbocycles. The predicted molar refractivity (Wildman–Crippen MR) is 78.3 cm³/mol. The molecular formula is C15H22FN3O. The molecule has 1 fully saturated rings. The van der Waals surface area contributed by atoms with Crippen LogP contribution in [0.3, 0.4) is 0 Å². The fourth-order valence-corrected chi connectivity index (χ4v) is 2.49. The van der Waals surface area contributed by atoms with Gasteiger partial charge in [0.05, 0.1) is 0 Å². The van der Waals surface area contributed by atoms with Crippen molar-refractivity contribution in [3.8, 4) is 0 Å². The Morgan fingerprint density at radius 3 is 3.05 bits per heavy atom. The van der Waals surface area contributed by atoms with Gasteiger partial charge in [-0.25, -0.2) is 9.18 Å². The van der Waals surface area contributed by atoms with Crippen molar-refractivity contribution in [2.24, 2.45) is 0 Å². The van der Waals surface area contributed by atoms with Crippen LogP contribution in [0.4, 0.5) is 14.9 Å². The summed E-state index contributed by atoms with van der Waals surface area (Å²) in [4.78, 5) is 14.1. The average molecular weight is 279 g/mol. The molecule has 4 nitrogen and oxygen atoms in total. The topological polar surface area (TPSA) is 44.4 Å². The second-order valence-electron chi connectivity index (χ2n) is 5.18. The maximum Gasteiger partial charge on any atom is 0.321 e. The monoisotopic (exact) mass is 279 g/mol. The molecule has 0 bridgehead atoms. The number of carbonyl (C=O) groups is 1. The number of hydrogen-bond donors (Lipinski definition) is 2. The minimum absolute atomic E-state index is 0.161. The van der Waals surface area contributed by atoms with Crippen LogP contribution in [0.5, 0.6) is 0 Å². The van der Waals surface area contributed by atoms with Crippen LogP contribution in [0, 0.1) is 5.82 Å². The molecule has 2 N–H and O–H groups in total. The Kier molecular flexibility index (Phi) is 5.35. The maximum absolute atomic E-state index is 13.1. The highest BCUT2D eigenvalue weighted by atomic mass is 19.1. The summed E-state index contributed by atoms with van der Waals surface area (Å²) in [5.74, 6) is -0.345. The van der Waals surface area contributed by atoms with E-state index in [-0.39, 0.29) is 11.8 Å². The zero-order valence-electron chi connectivity index (χ0n) is 11.9.